The van der Waals surface area contributed by atoms with E-state index in [2.05, 4.69) is 0 Å². The molecule has 1 aromatic heterocycles. The Morgan fingerprint density at radius 2 is 1.88 bits per heavy atom. The third kappa shape index (κ3) is 1.89. The van der Waals surface area contributed by atoms with E-state index in [9.17, 15) is 4.79 Å². The van der Waals surface area contributed by atoms with E-state index in [1.54, 1.807) is 20.2 Å². The highest BCUT2D eigenvalue weighted by molar-refractivity contribution is 5.68. The van der Waals surface area contributed by atoms with Gasteiger partial charge in [0.1, 0.15) is 5.75 Å². The van der Waals surface area contributed by atoms with Crippen LogP contribution in [0.4, 0.5) is 5.69 Å². The van der Waals surface area contributed by atoms with Gasteiger partial charge in [-0.25, -0.2) is 0 Å². The van der Waals surface area contributed by atoms with Crippen molar-refractivity contribution in [1.82, 2.24) is 4.57 Å². The molecule has 0 aliphatic heterocycles. The van der Waals surface area contributed by atoms with E-state index in [0.29, 0.717) is 0 Å². The molecule has 2 N–H and O–H groups in total. The number of nitrogens with two attached hydrogens (primary N) is 1. The van der Waals surface area contributed by atoms with Gasteiger partial charge in [0, 0.05) is 12.6 Å². The first-order chi connectivity index (χ1) is 8.15. The lowest BCUT2D eigenvalue weighted by Crippen LogP contribution is -2.21. The minimum atomic E-state index is -0.201. The fraction of sp³-hybridized carbons (Fsp3) is 0.154. The summed E-state index contributed by atoms with van der Waals surface area (Å²) in [7, 11) is 3.30. The van der Waals surface area contributed by atoms with Gasteiger partial charge >= 0.3 is 0 Å². The number of anilines is 1. The Bertz CT molecular complexity index is 603. The van der Waals surface area contributed by atoms with E-state index in [1.807, 2.05) is 30.3 Å². The molecule has 0 atom stereocenters. The quantitative estimate of drug-likeness (QED) is 0.853. The maximum absolute atomic E-state index is 11.8. The Balaban J connectivity index is 2.69. The summed E-state index contributed by atoms with van der Waals surface area (Å²) < 4.78 is 6.80. The summed E-state index contributed by atoms with van der Waals surface area (Å²) in [6.07, 6.45) is 0. The van der Waals surface area contributed by atoms with Crippen molar-refractivity contribution >= 4 is 5.69 Å². The zero-order chi connectivity index (χ0) is 12.4. The number of rotatable bonds is 2. The highest BCUT2D eigenvalue weighted by atomic mass is 16.5. The molecule has 0 fully saturated rings. The van der Waals surface area contributed by atoms with Crippen molar-refractivity contribution in [1.29, 1.82) is 0 Å². The predicted octanol–water partition coefficient (Wildman–Crippen LogP) is 1.64. The zero-order valence-electron chi connectivity index (χ0n) is 9.81. The summed E-state index contributed by atoms with van der Waals surface area (Å²) >= 11 is 0. The topological polar surface area (TPSA) is 57.2 Å². The second kappa shape index (κ2) is 4.33. The third-order valence-corrected chi connectivity index (χ3v) is 2.72. The summed E-state index contributed by atoms with van der Waals surface area (Å²) in [5, 5.41) is 0. The van der Waals surface area contributed by atoms with Crippen LogP contribution in [0, 0.1) is 0 Å². The van der Waals surface area contributed by atoms with Crippen molar-refractivity contribution in [3.8, 4) is 17.0 Å². The molecule has 88 valence electrons. The molecule has 2 rings (SSSR count). The van der Waals surface area contributed by atoms with Gasteiger partial charge in [0.05, 0.1) is 18.5 Å². The van der Waals surface area contributed by atoms with E-state index in [-0.39, 0.29) is 11.2 Å². The van der Waals surface area contributed by atoms with Crippen LogP contribution in [0.15, 0.2) is 41.2 Å². The van der Waals surface area contributed by atoms with Crippen LogP contribution in [0.5, 0.6) is 5.75 Å². The van der Waals surface area contributed by atoms with E-state index < -0.39 is 0 Å². The van der Waals surface area contributed by atoms with Crippen LogP contribution in [-0.4, -0.2) is 11.7 Å². The van der Waals surface area contributed by atoms with Crippen LogP contribution in [0.3, 0.4) is 0 Å². The van der Waals surface area contributed by atoms with Crippen LogP contribution in [-0.2, 0) is 7.05 Å². The minimum absolute atomic E-state index is 0.201. The number of ether oxygens (including phenoxy) is 1. The molecule has 4 nitrogen and oxygen atoms in total. The summed E-state index contributed by atoms with van der Waals surface area (Å²) in [6, 6.07) is 11.0. The highest BCUT2D eigenvalue weighted by Gasteiger charge is 2.09. The maximum atomic E-state index is 11.8. The van der Waals surface area contributed by atoms with E-state index in [4.69, 9.17) is 10.5 Å². The molecular weight excluding hydrogens is 216 g/mol. The molecule has 1 heterocycles. The normalized spacial score (nSPS) is 10.2. The molecule has 0 aliphatic carbocycles. The largest absolute Gasteiger partial charge is 0.496 e. The average molecular weight is 230 g/mol. The lowest BCUT2D eigenvalue weighted by Gasteiger charge is -2.12. The average Bonchev–Trinajstić information content (AvgIpc) is 2.36. The third-order valence-electron chi connectivity index (χ3n) is 2.72. The fourth-order valence-electron chi connectivity index (χ4n) is 1.78. The van der Waals surface area contributed by atoms with Crippen LogP contribution in [0.25, 0.3) is 11.3 Å². The molecule has 0 bridgehead atoms. The maximum Gasteiger partial charge on any atom is 0.273 e. The van der Waals surface area contributed by atoms with Gasteiger partial charge in [-0.1, -0.05) is 12.1 Å². The summed E-state index contributed by atoms with van der Waals surface area (Å²) in [4.78, 5) is 11.8. The monoisotopic (exact) mass is 230 g/mol. The number of hydrogen-bond acceptors (Lipinski definition) is 3. The number of pyridine rings is 1. The van der Waals surface area contributed by atoms with Crippen molar-refractivity contribution < 1.29 is 4.74 Å². The van der Waals surface area contributed by atoms with E-state index in [0.717, 1.165) is 17.0 Å². The molecule has 0 spiro atoms. The Labute approximate surface area is 99.3 Å². The Kier molecular flexibility index (Phi) is 2.87. The first kappa shape index (κ1) is 11.3. The fourth-order valence-corrected chi connectivity index (χ4v) is 1.78. The van der Waals surface area contributed by atoms with Gasteiger partial charge in [-0.05, 0) is 24.3 Å². The van der Waals surface area contributed by atoms with Crippen LogP contribution < -0.4 is 16.0 Å². The highest BCUT2D eigenvalue weighted by Crippen LogP contribution is 2.28. The van der Waals surface area contributed by atoms with Gasteiger partial charge in [0.25, 0.3) is 5.56 Å². The van der Waals surface area contributed by atoms with Crippen molar-refractivity contribution in [2.45, 2.75) is 0 Å². The molecule has 4 heteroatoms. The van der Waals surface area contributed by atoms with Gasteiger partial charge in [-0.3, -0.25) is 4.79 Å². The van der Waals surface area contributed by atoms with Crippen LogP contribution >= 0.6 is 0 Å². The van der Waals surface area contributed by atoms with Crippen molar-refractivity contribution in [2.24, 2.45) is 7.05 Å². The van der Waals surface area contributed by atoms with E-state index in [1.165, 1.54) is 4.57 Å². The smallest absolute Gasteiger partial charge is 0.273 e. The van der Waals surface area contributed by atoms with Crippen molar-refractivity contribution in [3.05, 3.63) is 46.8 Å². The summed E-state index contributed by atoms with van der Waals surface area (Å²) in [5.74, 6) is 0.729. The van der Waals surface area contributed by atoms with Crippen molar-refractivity contribution in [2.75, 3.05) is 12.8 Å². The predicted molar refractivity (Wildman–Crippen MR) is 68.1 cm³/mol. The Morgan fingerprint density at radius 3 is 2.59 bits per heavy atom. The lowest BCUT2D eigenvalue weighted by molar-refractivity contribution is 0.416. The van der Waals surface area contributed by atoms with Gasteiger partial charge in [-0.15, -0.1) is 0 Å². The number of hydrogen-bond donors (Lipinski definition) is 1. The lowest BCUT2D eigenvalue weighted by atomic mass is 10.1. The molecule has 2 aromatic rings. The number of benzene rings is 1. The SMILES string of the molecule is COc1ccccc1-c1ccc(N)c(=O)n1C. The molecule has 17 heavy (non-hydrogen) atoms. The minimum Gasteiger partial charge on any atom is -0.496 e. The van der Waals surface area contributed by atoms with Gasteiger partial charge in [-0.2, -0.15) is 0 Å². The molecule has 0 unspecified atom stereocenters. The number of para-hydroxylation sites is 1. The second-order valence-electron chi connectivity index (χ2n) is 3.74. The Hall–Kier alpha value is -2.23. The molecule has 0 amide bonds. The molecule has 0 saturated carbocycles. The number of nitrogens with zero attached hydrogens (tertiary/aromatic N) is 1. The van der Waals surface area contributed by atoms with Crippen molar-refractivity contribution in [3.63, 3.8) is 0 Å². The number of aromatic nitrogens is 1. The molecule has 0 radical (unpaired) electrons. The molecular formula is C13H14N2O2. The second-order valence-corrected chi connectivity index (χ2v) is 3.74. The molecule has 0 saturated heterocycles. The standard InChI is InChI=1S/C13H14N2O2/c1-15-11(8-7-10(14)13(15)16)9-5-3-4-6-12(9)17-2/h3-8H,14H2,1-2H3. The van der Waals surface area contributed by atoms with Gasteiger partial charge in [0.15, 0.2) is 0 Å². The van der Waals surface area contributed by atoms with Crippen LogP contribution in [0.2, 0.25) is 0 Å². The van der Waals surface area contributed by atoms with Crippen LogP contribution in [0.1, 0.15) is 0 Å². The first-order valence-electron chi connectivity index (χ1n) is 5.24. The molecule has 1 aromatic carbocycles. The number of nitrogen functional groups attached to an aromatic ring is 1. The zero-order valence-corrected chi connectivity index (χ0v) is 9.81. The molecule has 0 aliphatic rings. The van der Waals surface area contributed by atoms with Gasteiger partial charge in [0.2, 0.25) is 0 Å². The summed E-state index contributed by atoms with van der Waals surface area (Å²) in [5.41, 5.74) is 7.26. The number of methoxy groups -OCH3 is 1. The van der Waals surface area contributed by atoms with Gasteiger partial charge < -0.3 is 15.0 Å². The summed E-state index contributed by atoms with van der Waals surface area (Å²) in [6.45, 7) is 0. The Morgan fingerprint density at radius 1 is 1.18 bits per heavy atom. The first-order valence-corrected chi connectivity index (χ1v) is 5.24. The van der Waals surface area contributed by atoms with E-state index >= 15 is 0 Å².